The van der Waals surface area contributed by atoms with Gasteiger partial charge < -0.3 is 9.84 Å². The van der Waals surface area contributed by atoms with Crippen LogP contribution in [-0.2, 0) is 6.42 Å². The molecule has 2 atom stereocenters. The normalized spacial score (nSPS) is 14.9. The molecule has 14 heavy (non-hydrogen) atoms. The van der Waals surface area contributed by atoms with Crippen LogP contribution in [0.4, 0.5) is 0 Å². The van der Waals surface area contributed by atoms with Gasteiger partial charge in [0, 0.05) is 0 Å². The quantitative estimate of drug-likeness (QED) is 0.796. The zero-order chi connectivity index (χ0) is 10.6. The largest absolute Gasteiger partial charge is 0.497 e. The molecule has 1 aromatic rings. The number of hydrogen-bond donors (Lipinski definition) is 1. The van der Waals surface area contributed by atoms with E-state index in [1.165, 1.54) is 5.56 Å². The Morgan fingerprint density at radius 1 is 1.21 bits per heavy atom. The second-order valence-electron chi connectivity index (χ2n) is 3.77. The highest BCUT2D eigenvalue weighted by Crippen LogP contribution is 2.16. The van der Waals surface area contributed by atoms with Crippen molar-refractivity contribution in [2.24, 2.45) is 5.92 Å². The van der Waals surface area contributed by atoms with E-state index in [-0.39, 0.29) is 6.10 Å². The summed E-state index contributed by atoms with van der Waals surface area (Å²) in [7, 11) is 1.66. The number of hydrogen-bond acceptors (Lipinski definition) is 2. The summed E-state index contributed by atoms with van der Waals surface area (Å²) >= 11 is 0. The molecule has 0 radical (unpaired) electrons. The van der Waals surface area contributed by atoms with Gasteiger partial charge in [0.1, 0.15) is 5.75 Å². The highest BCUT2D eigenvalue weighted by atomic mass is 16.5. The average molecular weight is 194 g/mol. The van der Waals surface area contributed by atoms with Crippen LogP contribution in [-0.4, -0.2) is 18.3 Å². The Kier molecular flexibility index (Phi) is 3.96. The van der Waals surface area contributed by atoms with Gasteiger partial charge in [-0.2, -0.15) is 0 Å². The third-order valence-electron chi connectivity index (χ3n) is 2.54. The molecule has 0 saturated carbocycles. The predicted molar refractivity (Wildman–Crippen MR) is 57.5 cm³/mol. The number of aliphatic hydroxyl groups is 1. The fourth-order valence-electron chi connectivity index (χ4n) is 1.30. The van der Waals surface area contributed by atoms with Crippen molar-refractivity contribution in [3.8, 4) is 5.75 Å². The molecule has 2 nitrogen and oxygen atoms in total. The van der Waals surface area contributed by atoms with Gasteiger partial charge in [0.15, 0.2) is 0 Å². The summed E-state index contributed by atoms with van der Waals surface area (Å²) in [6.07, 6.45) is 0.652. The number of methoxy groups -OCH3 is 1. The molecule has 0 fully saturated rings. The van der Waals surface area contributed by atoms with Crippen molar-refractivity contribution in [3.63, 3.8) is 0 Å². The summed E-state index contributed by atoms with van der Waals surface area (Å²) in [5.74, 6) is 1.17. The summed E-state index contributed by atoms with van der Waals surface area (Å²) in [6, 6.07) is 7.98. The van der Waals surface area contributed by atoms with Crippen molar-refractivity contribution < 1.29 is 9.84 Å². The Morgan fingerprint density at radius 3 is 2.21 bits per heavy atom. The molecule has 0 unspecified atom stereocenters. The van der Waals surface area contributed by atoms with Crippen LogP contribution in [0.15, 0.2) is 24.3 Å². The number of rotatable bonds is 4. The Morgan fingerprint density at radius 2 is 1.79 bits per heavy atom. The van der Waals surface area contributed by atoms with Gasteiger partial charge in [-0.25, -0.2) is 0 Å². The zero-order valence-electron chi connectivity index (χ0n) is 9.03. The second kappa shape index (κ2) is 5.01. The molecule has 1 N–H and O–H groups in total. The van der Waals surface area contributed by atoms with E-state index < -0.39 is 0 Å². The summed E-state index contributed by atoms with van der Waals surface area (Å²) in [5, 5.41) is 9.36. The van der Waals surface area contributed by atoms with Crippen molar-refractivity contribution in [3.05, 3.63) is 29.8 Å². The smallest absolute Gasteiger partial charge is 0.118 e. The van der Waals surface area contributed by atoms with E-state index in [2.05, 4.69) is 6.92 Å². The van der Waals surface area contributed by atoms with Crippen LogP contribution in [0.1, 0.15) is 19.4 Å². The minimum absolute atomic E-state index is 0.253. The molecule has 1 aromatic carbocycles. The fourth-order valence-corrected chi connectivity index (χ4v) is 1.30. The summed E-state index contributed by atoms with van der Waals surface area (Å²) in [5.41, 5.74) is 1.24. The molecule has 0 aliphatic heterocycles. The van der Waals surface area contributed by atoms with Crippen LogP contribution in [0, 0.1) is 5.92 Å². The monoisotopic (exact) mass is 194 g/mol. The first kappa shape index (κ1) is 11.1. The summed E-state index contributed by atoms with van der Waals surface area (Å²) < 4.78 is 5.07. The third kappa shape index (κ3) is 3.04. The molecule has 0 aliphatic carbocycles. The van der Waals surface area contributed by atoms with Gasteiger partial charge in [-0.1, -0.05) is 19.1 Å². The molecule has 0 bridgehead atoms. The second-order valence-corrected chi connectivity index (χ2v) is 3.77. The van der Waals surface area contributed by atoms with E-state index in [9.17, 15) is 5.11 Å². The van der Waals surface area contributed by atoms with Gasteiger partial charge in [0.05, 0.1) is 13.2 Å². The van der Waals surface area contributed by atoms with Gasteiger partial charge in [-0.15, -0.1) is 0 Å². The molecule has 0 amide bonds. The average Bonchev–Trinajstić information content (AvgIpc) is 2.19. The Labute approximate surface area is 85.5 Å². The molecule has 0 saturated heterocycles. The lowest BCUT2D eigenvalue weighted by atomic mass is 9.97. The standard InChI is InChI=1S/C12H18O2/c1-9(10(2)13)8-11-4-6-12(14-3)7-5-11/h4-7,9-10,13H,8H2,1-3H3/t9-,10+/m1/s1. The van der Waals surface area contributed by atoms with Crippen molar-refractivity contribution in [1.29, 1.82) is 0 Å². The first-order chi connectivity index (χ1) is 6.63. The van der Waals surface area contributed by atoms with Crippen molar-refractivity contribution >= 4 is 0 Å². The molecular weight excluding hydrogens is 176 g/mol. The van der Waals surface area contributed by atoms with Crippen molar-refractivity contribution in [2.75, 3.05) is 7.11 Å². The summed E-state index contributed by atoms with van der Waals surface area (Å²) in [6.45, 7) is 3.88. The third-order valence-corrected chi connectivity index (χ3v) is 2.54. The van der Waals surface area contributed by atoms with Crippen LogP contribution in [0.2, 0.25) is 0 Å². The first-order valence-electron chi connectivity index (χ1n) is 4.94. The predicted octanol–water partition coefficient (Wildman–Crippen LogP) is 2.25. The minimum atomic E-state index is -0.253. The van der Waals surface area contributed by atoms with Crippen LogP contribution >= 0.6 is 0 Å². The lowest BCUT2D eigenvalue weighted by molar-refractivity contribution is 0.135. The lowest BCUT2D eigenvalue weighted by Crippen LogP contribution is -2.15. The Bertz CT molecular complexity index is 264. The van der Waals surface area contributed by atoms with Gasteiger partial charge in [0.2, 0.25) is 0 Å². The van der Waals surface area contributed by atoms with E-state index in [0.717, 1.165) is 12.2 Å². The maximum absolute atomic E-state index is 9.36. The zero-order valence-corrected chi connectivity index (χ0v) is 9.03. The molecule has 0 aromatic heterocycles. The highest BCUT2D eigenvalue weighted by Gasteiger charge is 2.09. The highest BCUT2D eigenvalue weighted by molar-refractivity contribution is 5.27. The molecule has 0 spiro atoms. The maximum atomic E-state index is 9.36. The Balaban J connectivity index is 2.59. The molecule has 1 rings (SSSR count). The minimum Gasteiger partial charge on any atom is -0.497 e. The Hall–Kier alpha value is -1.02. The van der Waals surface area contributed by atoms with Crippen LogP contribution in [0.3, 0.4) is 0 Å². The lowest BCUT2D eigenvalue weighted by Gasteiger charge is -2.14. The first-order valence-corrected chi connectivity index (χ1v) is 4.94. The SMILES string of the molecule is COc1ccc(C[C@@H](C)[C@H](C)O)cc1. The number of benzene rings is 1. The van der Waals surface area contributed by atoms with E-state index >= 15 is 0 Å². The molecule has 78 valence electrons. The van der Waals surface area contributed by atoms with E-state index in [1.807, 2.05) is 31.2 Å². The molecule has 0 aliphatic rings. The van der Waals surface area contributed by atoms with Crippen LogP contribution in [0.25, 0.3) is 0 Å². The fraction of sp³-hybridized carbons (Fsp3) is 0.500. The van der Waals surface area contributed by atoms with Gasteiger partial charge in [-0.05, 0) is 37.0 Å². The van der Waals surface area contributed by atoms with Crippen molar-refractivity contribution in [1.82, 2.24) is 0 Å². The maximum Gasteiger partial charge on any atom is 0.118 e. The van der Waals surface area contributed by atoms with E-state index in [4.69, 9.17) is 4.74 Å². The molecule has 2 heteroatoms. The molecule has 0 heterocycles. The van der Waals surface area contributed by atoms with Gasteiger partial charge in [0.25, 0.3) is 0 Å². The number of ether oxygens (including phenoxy) is 1. The van der Waals surface area contributed by atoms with Gasteiger partial charge >= 0.3 is 0 Å². The van der Waals surface area contributed by atoms with Crippen LogP contribution < -0.4 is 4.74 Å². The van der Waals surface area contributed by atoms with E-state index in [1.54, 1.807) is 7.11 Å². The van der Waals surface area contributed by atoms with Crippen molar-refractivity contribution in [2.45, 2.75) is 26.4 Å². The number of aliphatic hydroxyl groups excluding tert-OH is 1. The topological polar surface area (TPSA) is 29.5 Å². The molecular formula is C12H18O2. The van der Waals surface area contributed by atoms with Gasteiger partial charge in [-0.3, -0.25) is 0 Å². The summed E-state index contributed by atoms with van der Waals surface area (Å²) in [4.78, 5) is 0. The van der Waals surface area contributed by atoms with Crippen LogP contribution in [0.5, 0.6) is 5.75 Å². The van der Waals surface area contributed by atoms with E-state index in [0.29, 0.717) is 5.92 Å².